The van der Waals surface area contributed by atoms with Crippen molar-refractivity contribution in [2.45, 2.75) is 37.7 Å². The maximum Gasteiger partial charge on any atom is 0.251 e. The Kier molecular flexibility index (Phi) is 6.82. The average Bonchev–Trinajstić information content (AvgIpc) is 3.09. The second-order valence-corrected chi connectivity index (χ2v) is 8.65. The molecule has 0 bridgehead atoms. The summed E-state index contributed by atoms with van der Waals surface area (Å²) in [6.45, 7) is 6.39. The third-order valence-corrected chi connectivity index (χ3v) is 5.64. The number of nitrogens with zero attached hydrogens (tertiary/aromatic N) is 3. The number of rotatable bonds is 7. The molecular formula is C21H23ClN4O2S. The number of thioether (sulfide) groups is 1. The van der Waals surface area contributed by atoms with Gasteiger partial charge in [-0.3, -0.25) is 9.36 Å². The Labute approximate surface area is 179 Å². The number of ether oxygens (including phenoxy) is 1. The maximum absolute atomic E-state index is 12.5. The molecule has 1 N–H and O–H groups in total. The second kappa shape index (κ2) is 9.33. The highest BCUT2D eigenvalue weighted by Crippen LogP contribution is 2.29. The van der Waals surface area contributed by atoms with E-state index in [2.05, 4.69) is 29.4 Å². The molecule has 2 aromatic carbocycles. The van der Waals surface area contributed by atoms with Crippen LogP contribution in [0.3, 0.4) is 0 Å². The SMILES string of the molecule is COc1ccc(C(=O)NCc2nnc(SC(C)C)n2-c2cccc(Cl)c2C)cc1. The van der Waals surface area contributed by atoms with Crippen molar-refractivity contribution >= 4 is 29.3 Å². The number of methoxy groups -OCH3 is 1. The molecule has 0 spiro atoms. The molecule has 1 aromatic heterocycles. The Hall–Kier alpha value is -2.51. The molecule has 0 atom stereocenters. The van der Waals surface area contributed by atoms with Crippen molar-refractivity contribution in [3.63, 3.8) is 0 Å². The van der Waals surface area contributed by atoms with Gasteiger partial charge in [0.1, 0.15) is 5.75 Å². The summed E-state index contributed by atoms with van der Waals surface area (Å²) in [6, 6.07) is 12.7. The highest BCUT2D eigenvalue weighted by atomic mass is 35.5. The van der Waals surface area contributed by atoms with Crippen molar-refractivity contribution in [3.05, 3.63) is 64.4 Å². The number of amides is 1. The summed E-state index contributed by atoms with van der Waals surface area (Å²) in [5.74, 6) is 1.15. The summed E-state index contributed by atoms with van der Waals surface area (Å²) < 4.78 is 7.09. The van der Waals surface area contributed by atoms with Crippen molar-refractivity contribution in [2.24, 2.45) is 0 Å². The molecule has 8 heteroatoms. The number of hydrogen-bond donors (Lipinski definition) is 1. The zero-order valence-electron chi connectivity index (χ0n) is 16.8. The Morgan fingerprint density at radius 1 is 1.21 bits per heavy atom. The topological polar surface area (TPSA) is 69.0 Å². The highest BCUT2D eigenvalue weighted by Gasteiger charge is 2.18. The standard InChI is InChI=1S/C21H23ClN4O2S/c1-13(2)29-21-25-24-19(26(21)18-7-5-6-17(22)14(18)3)12-23-20(27)15-8-10-16(28-4)11-9-15/h5-11,13H,12H2,1-4H3,(H,23,27). The minimum Gasteiger partial charge on any atom is -0.497 e. The molecule has 1 heterocycles. The third kappa shape index (κ3) is 4.92. The molecular weight excluding hydrogens is 408 g/mol. The van der Waals surface area contributed by atoms with Gasteiger partial charge in [-0.25, -0.2) is 0 Å². The fourth-order valence-electron chi connectivity index (χ4n) is 2.79. The molecule has 0 aliphatic heterocycles. The third-order valence-electron chi connectivity index (χ3n) is 4.28. The fraction of sp³-hybridized carbons (Fsp3) is 0.286. The molecule has 0 aliphatic rings. The summed E-state index contributed by atoms with van der Waals surface area (Å²) in [7, 11) is 1.59. The van der Waals surface area contributed by atoms with E-state index in [0.29, 0.717) is 27.4 Å². The number of benzene rings is 2. The summed E-state index contributed by atoms with van der Waals surface area (Å²) in [5.41, 5.74) is 2.38. The van der Waals surface area contributed by atoms with Crippen molar-refractivity contribution in [1.82, 2.24) is 20.1 Å². The van der Waals surface area contributed by atoms with Crippen LogP contribution in [0.1, 0.15) is 35.6 Å². The highest BCUT2D eigenvalue weighted by molar-refractivity contribution is 7.99. The number of aromatic nitrogens is 3. The van der Waals surface area contributed by atoms with E-state index in [-0.39, 0.29) is 12.5 Å². The largest absolute Gasteiger partial charge is 0.497 e. The quantitative estimate of drug-likeness (QED) is 0.551. The van der Waals surface area contributed by atoms with Crippen molar-refractivity contribution in [1.29, 1.82) is 0 Å². The zero-order valence-corrected chi connectivity index (χ0v) is 18.3. The number of nitrogens with one attached hydrogen (secondary N) is 1. The molecule has 0 aliphatic carbocycles. The molecule has 3 rings (SSSR count). The van der Waals surface area contributed by atoms with Gasteiger partial charge < -0.3 is 10.1 Å². The lowest BCUT2D eigenvalue weighted by Gasteiger charge is -2.15. The minimum atomic E-state index is -0.192. The van der Waals surface area contributed by atoms with Gasteiger partial charge in [0.25, 0.3) is 5.91 Å². The van der Waals surface area contributed by atoms with E-state index in [4.69, 9.17) is 16.3 Å². The lowest BCUT2D eigenvalue weighted by molar-refractivity contribution is 0.0949. The average molecular weight is 431 g/mol. The van der Waals surface area contributed by atoms with E-state index < -0.39 is 0 Å². The van der Waals surface area contributed by atoms with Gasteiger partial charge in [0.2, 0.25) is 0 Å². The number of halogens is 1. The Morgan fingerprint density at radius 2 is 1.93 bits per heavy atom. The predicted molar refractivity (Wildman–Crippen MR) is 116 cm³/mol. The summed E-state index contributed by atoms with van der Waals surface area (Å²) in [4.78, 5) is 12.5. The van der Waals surface area contributed by atoms with Crippen LogP contribution in [-0.2, 0) is 6.54 Å². The number of carbonyl (C=O) groups excluding carboxylic acids is 1. The van der Waals surface area contributed by atoms with E-state index in [1.807, 2.05) is 29.7 Å². The molecule has 1 amide bonds. The second-order valence-electron chi connectivity index (χ2n) is 6.70. The molecule has 0 fully saturated rings. The summed E-state index contributed by atoms with van der Waals surface area (Å²) in [5, 5.41) is 13.4. The minimum absolute atomic E-state index is 0.192. The van der Waals surface area contributed by atoms with E-state index in [1.54, 1.807) is 43.1 Å². The Bertz CT molecular complexity index is 1000. The van der Waals surface area contributed by atoms with Gasteiger partial charge in [-0.1, -0.05) is 43.3 Å². The Morgan fingerprint density at radius 3 is 2.59 bits per heavy atom. The van der Waals surface area contributed by atoms with Crippen LogP contribution in [0.25, 0.3) is 5.69 Å². The van der Waals surface area contributed by atoms with Gasteiger partial charge in [0.05, 0.1) is 19.3 Å². The normalized spacial score (nSPS) is 11.0. The van der Waals surface area contributed by atoms with E-state index >= 15 is 0 Å². The number of carbonyl (C=O) groups is 1. The van der Waals surface area contributed by atoms with Gasteiger partial charge in [0.15, 0.2) is 11.0 Å². The zero-order chi connectivity index (χ0) is 21.0. The van der Waals surface area contributed by atoms with Crippen molar-refractivity contribution < 1.29 is 9.53 Å². The van der Waals surface area contributed by atoms with E-state index in [1.165, 1.54) is 0 Å². The first-order valence-electron chi connectivity index (χ1n) is 9.19. The molecule has 0 unspecified atom stereocenters. The van der Waals surface area contributed by atoms with Gasteiger partial charge in [-0.15, -0.1) is 10.2 Å². The molecule has 0 saturated carbocycles. The lowest BCUT2D eigenvalue weighted by Crippen LogP contribution is -2.24. The van der Waals surface area contributed by atoms with Crippen LogP contribution >= 0.6 is 23.4 Å². The van der Waals surface area contributed by atoms with E-state index in [9.17, 15) is 4.79 Å². The molecule has 6 nitrogen and oxygen atoms in total. The smallest absolute Gasteiger partial charge is 0.251 e. The summed E-state index contributed by atoms with van der Waals surface area (Å²) >= 11 is 7.94. The van der Waals surface area contributed by atoms with E-state index in [0.717, 1.165) is 16.4 Å². The van der Waals surface area contributed by atoms with Crippen LogP contribution in [0, 0.1) is 6.92 Å². The van der Waals surface area contributed by atoms with Gasteiger partial charge >= 0.3 is 0 Å². The van der Waals surface area contributed by atoms with Crippen molar-refractivity contribution in [3.8, 4) is 11.4 Å². The first-order chi connectivity index (χ1) is 13.9. The van der Waals surface area contributed by atoms with Crippen LogP contribution in [0.15, 0.2) is 47.6 Å². The van der Waals surface area contributed by atoms with Crippen LogP contribution in [0.4, 0.5) is 0 Å². The van der Waals surface area contributed by atoms with Gasteiger partial charge in [-0.2, -0.15) is 0 Å². The first-order valence-corrected chi connectivity index (χ1v) is 10.4. The lowest BCUT2D eigenvalue weighted by atomic mass is 10.2. The summed E-state index contributed by atoms with van der Waals surface area (Å²) in [6.07, 6.45) is 0. The molecule has 0 radical (unpaired) electrons. The maximum atomic E-state index is 12.5. The first kappa shape index (κ1) is 21.2. The van der Waals surface area contributed by atoms with Crippen LogP contribution in [0.5, 0.6) is 5.75 Å². The van der Waals surface area contributed by atoms with Crippen LogP contribution < -0.4 is 10.1 Å². The molecule has 152 valence electrons. The fourth-order valence-corrected chi connectivity index (χ4v) is 3.77. The Balaban J connectivity index is 1.88. The molecule has 0 saturated heterocycles. The monoisotopic (exact) mass is 430 g/mol. The predicted octanol–water partition coefficient (Wildman–Crippen LogP) is 4.67. The van der Waals surface area contributed by atoms with Gasteiger partial charge in [-0.05, 0) is 48.9 Å². The van der Waals surface area contributed by atoms with Crippen LogP contribution in [-0.4, -0.2) is 33.0 Å². The number of hydrogen-bond acceptors (Lipinski definition) is 5. The molecule has 3 aromatic rings. The van der Waals surface area contributed by atoms with Gasteiger partial charge in [0, 0.05) is 15.8 Å². The van der Waals surface area contributed by atoms with Crippen molar-refractivity contribution in [2.75, 3.05) is 7.11 Å². The van der Waals surface area contributed by atoms with Crippen LogP contribution in [0.2, 0.25) is 5.02 Å². The molecule has 29 heavy (non-hydrogen) atoms.